The largest absolute Gasteiger partial charge is 0.491 e. The van der Waals surface area contributed by atoms with E-state index in [1.54, 1.807) is 24.3 Å². The highest BCUT2D eigenvalue weighted by Crippen LogP contribution is 2.23. The quantitative estimate of drug-likeness (QED) is 0.337. The highest BCUT2D eigenvalue weighted by Gasteiger charge is 2.15. The molecule has 0 unspecified atom stereocenters. The molecular formula is C20H19N3O6S. The van der Waals surface area contributed by atoms with Crippen LogP contribution in [0.4, 0.5) is 5.69 Å². The Hall–Kier alpha value is -3.53. The zero-order chi connectivity index (χ0) is 21.8. The third kappa shape index (κ3) is 4.71. The summed E-state index contributed by atoms with van der Waals surface area (Å²) in [5.41, 5.74) is 0.801. The molecule has 156 valence electrons. The number of nitro groups is 1. The molecule has 9 nitrogen and oxygen atoms in total. The van der Waals surface area contributed by atoms with Crippen molar-refractivity contribution < 1.29 is 24.0 Å². The molecule has 3 aromatic rings. The second-order valence-corrected chi connectivity index (χ2v) is 7.57. The maximum Gasteiger partial charge on any atom is 0.325 e. The number of carbonyl (C=O) groups is 2. The van der Waals surface area contributed by atoms with Crippen LogP contribution >= 0.6 is 11.3 Å². The number of benzene rings is 2. The van der Waals surface area contributed by atoms with Gasteiger partial charge in [-0.05, 0) is 44.2 Å². The van der Waals surface area contributed by atoms with Gasteiger partial charge in [0.1, 0.15) is 12.3 Å². The third-order valence-electron chi connectivity index (χ3n) is 4.06. The van der Waals surface area contributed by atoms with Crippen LogP contribution in [0.5, 0.6) is 5.75 Å². The Balaban J connectivity index is 2.04. The van der Waals surface area contributed by atoms with Crippen LogP contribution in [0.3, 0.4) is 0 Å². The number of rotatable bonds is 6. The summed E-state index contributed by atoms with van der Waals surface area (Å²) in [7, 11) is 1.26. The minimum absolute atomic E-state index is 0.0103. The van der Waals surface area contributed by atoms with E-state index in [-0.39, 0.29) is 23.1 Å². The third-order valence-corrected chi connectivity index (χ3v) is 5.10. The van der Waals surface area contributed by atoms with E-state index in [0.29, 0.717) is 21.5 Å². The summed E-state index contributed by atoms with van der Waals surface area (Å²) in [5.74, 6) is -0.403. The number of ether oxygens (including phenoxy) is 2. The molecule has 0 radical (unpaired) electrons. The van der Waals surface area contributed by atoms with Gasteiger partial charge in [-0.1, -0.05) is 11.3 Å². The van der Waals surface area contributed by atoms with Crippen molar-refractivity contribution >= 4 is 39.1 Å². The lowest BCUT2D eigenvalue weighted by Gasteiger charge is -2.09. The summed E-state index contributed by atoms with van der Waals surface area (Å²) in [6, 6.07) is 10.8. The Morgan fingerprint density at radius 2 is 1.90 bits per heavy atom. The predicted molar refractivity (Wildman–Crippen MR) is 111 cm³/mol. The molecule has 2 aromatic carbocycles. The second-order valence-electron chi connectivity index (χ2n) is 6.56. The first-order valence-corrected chi connectivity index (χ1v) is 9.80. The zero-order valence-corrected chi connectivity index (χ0v) is 17.3. The van der Waals surface area contributed by atoms with Gasteiger partial charge in [0.15, 0.2) is 4.80 Å². The number of hydrogen-bond acceptors (Lipinski definition) is 7. The van der Waals surface area contributed by atoms with E-state index < -0.39 is 16.8 Å². The van der Waals surface area contributed by atoms with Crippen molar-refractivity contribution in [3.8, 4) is 5.75 Å². The van der Waals surface area contributed by atoms with E-state index in [1.807, 2.05) is 13.8 Å². The summed E-state index contributed by atoms with van der Waals surface area (Å²) in [6.07, 6.45) is 0.0103. The van der Waals surface area contributed by atoms with Crippen molar-refractivity contribution in [1.82, 2.24) is 4.57 Å². The van der Waals surface area contributed by atoms with Gasteiger partial charge in [0, 0.05) is 17.7 Å². The first-order chi connectivity index (χ1) is 14.3. The molecule has 0 N–H and O–H groups in total. The van der Waals surface area contributed by atoms with Crippen LogP contribution in [-0.4, -0.2) is 34.6 Å². The zero-order valence-electron chi connectivity index (χ0n) is 16.5. The maximum atomic E-state index is 12.7. The summed E-state index contributed by atoms with van der Waals surface area (Å²) in [4.78, 5) is 39.4. The molecule has 1 heterocycles. The highest BCUT2D eigenvalue weighted by molar-refractivity contribution is 7.16. The number of aromatic nitrogens is 1. The maximum absolute atomic E-state index is 12.7. The van der Waals surface area contributed by atoms with Gasteiger partial charge in [0.05, 0.1) is 28.4 Å². The number of nitrogens with zero attached hydrogens (tertiary/aromatic N) is 3. The van der Waals surface area contributed by atoms with Gasteiger partial charge in [0.25, 0.3) is 11.6 Å². The molecule has 0 aliphatic carbocycles. The molecule has 10 heteroatoms. The molecule has 0 bridgehead atoms. The molecule has 0 saturated heterocycles. The van der Waals surface area contributed by atoms with Crippen molar-refractivity contribution in [3.05, 3.63) is 62.9 Å². The minimum atomic E-state index is -0.530. The number of thiazole rings is 1. The molecule has 1 aromatic heterocycles. The van der Waals surface area contributed by atoms with Crippen molar-refractivity contribution in [1.29, 1.82) is 0 Å². The molecule has 0 aliphatic heterocycles. The van der Waals surface area contributed by atoms with E-state index in [4.69, 9.17) is 9.47 Å². The molecule has 0 fully saturated rings. The van der Waals surface area contributed by atoms with Crippen LogP contribution in [-0.2, 0) is 16.1 Å². The number of carbonyl (C=O) groups excluding carboxylic acids is 2. The molecule has 3 rings (SSSR count). The molecule has 0 atom stereocenters. The predicted octanol–water partition coefficient (Wildman–Crippen LogP) is 3.31. The number of fused-ring (bicyclic) bond motifs is 1. The molecule has 0 spiro atoms. The van der Waals surface area contributed by atoms with E-state index in [2.05, 4.69) is 4.99 Å². The lowest BCUT2D eigenvalue weighted by molar-refractivity contribution is -0.384. The number of methoxy groups -OCH3 is 1. The number of nitro benzene ring substituents is 1. The van der Waals surface area contributed by atoms with Gasteiger partial charge in [0.2, 0.25) is 0 Å². The smallest absolute Gasteiger partial charge is 0.325 e. The molecule has 1 amide bonds. The fraction of sp³-hybridized carbons (Fsp3) is 0.250. The van der Waals surface area contributed by atoms with Crippen molar-refractivity contribution in [2.75, 3.05) is 7.11 Å². The van der Waals surface area contributed by atoms with Crippen LogP contribution < -0.4 is 9.54 Å². The Morgan fingerprint density at radius 3 is 2.50 bits per heavy atom. The standard InChI is InChI=1S/C20H19N3O6S/c1-12(2)29-15-7-4-13(5-8-15)19(25)21-20-22(11-18(24)28-3)16-9-6-14(23(26)27)10-17(16)30-20/h4-10,12H,11H2,1-3H3. The van der Waals surface area contributed by atoms with Crippen LogP contribution in [0.25, 0.3) is 10.2 Å². The van der Waals surface area contributed by atoms with Crippen LogP contribution in [0.2, 0.25) is 0 Å². The van der Waals surface area contributed by atoms with Gasteiger partial charge in [-0.3, -0.25) is 19.7 Å². The molecule has 0 aliphatic rings. The lowest BCUT2D eigenvalue weighted by Crippen LogP contribution is -2.22. The summed E-state index contributed by atoms with van der Waals surface area (Å²) < 4.78 is 12.3. The van der Waals surface area contributed by atoms with E-state index in [1.165, 1.54) is 29.9 Å². The Morgan fingerprint density at radius 1 is 1.20 bits per heavy atom. The van der Waals surface area contributed by atoms with Gasteiger partial charge < -0.3 is 14.0 Å². The average Bonchev–Trinajstić information content (AvgIpc) is 3.04. The van der Waals surface area contributed by atoms with Crippen LogP contribution in [0.1, 0.15) is 24.2 Å². The summed E-state index contributed by atoms with van der Waals surface area (Å²) >= 11 is 1.08. The minimum Gasteiger partial charge on any atom is -0.491 e. The fourth-order valence-corrected chi connectivity index (χ4v) is 3.77. The molecule has 30 heavy (non-hydrogen) atoms. The Labute approximate surface area is 175 Å². The van der Waals surface area contributed by atoms with Crippen LogP contribution in [0, 0.1) is 10.1 Å². The fourth-order valence-electron chi connectivity index (χ4n) is 2.71. The molecular weight excluding hydrogens is 410 g/mol. The normalized spacial score (nSPS) is 11.7. The number of esters is 1. The Kier molecular flexibility index (Phi) is 6.26. The van der Waals surface area contributed by atoms with E-state index in [9.17, 15) is 19.7 Å². The number of amides is 1. The number of non-ortho nitro benzene ring substituents is 1. The van der Waals surface area contributed by atoms with E-state index >= 15 is 0 Å². The van der Waals surface area contributed by atoms with Crippen molar-refractivity contribution in [2.24, 2.45) is 4.99 Å². The second kappa shape index (κ2) is 8.87. The van der Waals surface area contributed by atoms with Crippen LogP contribution in [0.15, 0.2) is 47.5 Å². The first kappa shape index (κ1) is 21.2. The number of hydrogen-bond donors (Lipinski definition) is 0. The van der Waals surface area contributed by atoms with Gasteiger partial charge in [-0.25, -0.2) is 0 Å². The monoisotopic (exact) mass is 429 g/mol. The van der Waals surface area contributed by atoms with Crippen molar-refractivity contribution in [2.45, 2.75) is 26.5 Å². The van der Waals surface area contributed by atoms with E-state index in [0.717, 1.165) is 11.3 Å². The molecule has 0 saturated carbocycles. The summed E-state index contributed by atoms with van der Waals surface area (Å²) in [6.45, 7) is 3.63. The topological polar surface area (TPSA) is 113 Å². The van der Waals surface area contributed by atoms with Crippen molar-refractivity contribution in [3.63, 3.8) is 0 Å². The van der Waals surface area contributed by atoms with Gasteiger partial charge in [-0.15, -0.1) is 0 Å². The van der Waals surface area contributed by atoms with Gasteiger partial charge in [-0.2, -0.15) is 4.99 Å². The summed E-state index contributed by atoms with van der Waals surface area (Å²) in [5, 5.41) is 11.1. The SMILES string of the molecule is COC(=O)Cn1c(=NC(=O)c2ccc(OC(C)C)cc2)sc2cc([N+](=O)[O-])ccc21. The van der Waals surface area contributed by atoms with Gasteiger partial charge >= 0.3 is 5.97 Å². The first-order valence-electron chi connectivity index (χ1n) is 8.99. The lowest BCUT2D eigenvalue weighted by atomic mass is 10.2. The highest BCUT2D eigenvalue weighted by atomic mass is 32.1. The average molecular weight is 429 g/mol. The Bertz CT molecular complexity index is 1180.